The number of rotatable bonds is 6. The van der Waals surface area contributed by atoms with E-state index in [1.807, 2.05) is 13.0 Å². The molecular weight excluding hydrogens is 473 g/mol. The molecule has 188 valence electrons. The van der Waals surface area contributed by atoms with Gasteiger partial charge in [-0.2, -0.15) is 15.1 Å². The second-order valence-corrected chi connectivity index (χ2v) is 9.61. The monoisotopic (exact) mass is 499 g/mol. The number of aliphatic hydroxyl groups is 1. The highest BCUT2D eigenvalue weighted by molar-refractivity contribution is 6.09. The number of H-pyrrole nitrogens is 1. The van der Waals surface area contributed by atoms with Crippen LogP contribution >= 0.6 is 0 Å². The predicted molar refractivity (Wildman–Crippen MR) is 135 cm³/mol. The quantitative estimate of drug-likeness (QED) is 0.370. The molecule has 0 atom stereocenters. The molecule has 4 aromatic rings. The van der Waals surface area contributed by atoms with Crippen LogP contribution in [-0.4, -0.2) is 42.7 Å². The minimum atomic E-state index is -0.486. The third-order valence-electron chi connectivity index (χ3n) is 7.13. The molecule has 2 aliphatic rings. The minimum absolute atomic E-state index is 0.0481. The summed E-state index contributed by atoms with van der Waals surface area (Å²) in [6.45, 7) is 1.91. The summed E-state index contributed by atoms with van der Waals surface area (Å²) in [5.41, 5.74) is 11.2. The van der Waals surface area contributed by atoms with Gasteiger partial charge in [0.25, 0.3) is 5.91 Å². The number of nitrogen functional groups attached to an aromatic ring is 1. The zero-order valence-electron chi connectivity index (χ0n) is 20.3. The van der Waals surface area contributed by atoms with Crippen LogP contribution in [0.1, 0.15) is 62.9 Å². The molecule has 2 aromatic heterocycles. The molecule has 6 rings (SSSR count). The molecule has 1 aliphatic heterocycles. The molecule has 0 saturated heterocycles. The van der Waals surface area contributed by atoms with Crippen LogP contribution in [0.4, 0.5) is 16.0 Å². The fourth-order valence-electron chi connectivity index (χ4n) is 5.04. The smallest absolute Gasteiger partial charge is 0.261 e. The van der Waals surface area contributed by atoms with Crippen LogP contribution in [0.15, 0.2) is 36.5 Å². The third kappa shape index (κ3) is 4.23. The molecule has 1 amide bonds. The molecule has 37 heavy (non-hydrogen) atoms. The fraction of sp³-hybridized carbons (Fsp3) is 0.296. The van der Waals surface area contributed by atoms with Crippen LogP contribution in [0.3, 0.4) is 0 Å². The summed E-state index contributed by atoms with van der Waals surface area (Å²) in [4.78, 5) is 28.2. The van der Waals surface area contributed by atoms with Crippen molar-refractivity contribution >= 4 is 17.5 Å². The van der Waals surface area contributed by atoms with Crippen LogP contribution in [0.2, 0.25) is 0 Å². The Bertz CT molecular complexity index is 1530. The number of nitrogens with zero attached hydrogens (tertiary/aromatic N) is 5. The van der Waals surface area contributed by atoms with Gasteiger partial charge in [-0.25, -0.2) is 9.37 Å². The van der Waals surface area contributed by atoms with E-state index in [4.69, 9.17) is 5.73 Å². The van der Waals surface area contributed by atoms with E-state index in [0.717, 1.165) is 35.2 Å². The number of hydrogen-bond donors (Lipinski definition) is 3. The Morgan fingerprint density at radius 1 is 1.22 bits per heavy atom. The van der Waals surface area contributed by atoms with Crippen LogP contribution in [-0.2, 0) is 19.4 Å². The number of carbonyl (C=O) groups excluding carboxylic acids is 1. The molecule has 1 aliphatic carbocycles. The van der Waals surface area contributed by atoms with Gasteiger partial charge in [0.05, 0.1) is 24.1 Å². The number of halogens is 1. The first kappa shape index (κ1) is 23.2. The number of amides is 1. The van der Waals surface area contributed by atoms with Gasteiger partial charge in [-0.3, -0.25) is 9.89 Å². The number of aromatic nitrogens is 5. The number of benzene rings is 2. The number of anilines is 2. The molecule has 4 N–H and O–H groups in total. The zero-order chi connectivity index (χ0) is 25.7. The number of nitrogens with two attached hydrogens (primary N) is 1. The summed E-state index contributed by atoms with van der Waals surface area (Å²) in [7, 11) is 0. The van der Waals surface area contributed by atoms with Crippen molar-refractivity contribution in [2.45, 2.75) is 45.1 Å². The first-order chi connectivity index (χ1) is 17.9. The summed E-state index contributed by atoms with van der Waals surface area (Å²) in [6, 6.07) is 8.75. The maximum atomic E-state index is 15.1. The van der Waals surface area contributed by atoms with Gasteiger partial charge in [-0.05, 0) is 55.4 Å². The summed E-state index contributed by atoms with van der Waals surface area (Å²) in [6.07, 6.45) is 4.77. The van der Waals surface area contributed by atoms with Crippen LogP contribution < -0.4 is 10.6 Å². The van der Waals surface area contributed by atoms with E-state index in [-0.39, 0.29) is 18.1 Å². The average molecular weight is 500 g/mol. The number of fused-ring (bicyclic) bond motifs is 1. The normalized spacial score (nSPS) is 15.2. The van der Waals surface area contributed by atoms with Gasteiger partial charge in [0.2, 0.25) is 5.95 Å². The van der Waals surface area contributed by atoms with Gasteiger partial charge in [-0.15, -0.1) is 0 Å². The van der Waals surface area contributed by atoms with Gasteiger partial charge < -0.3 is 15.7 Å². The molecule has 9 nitrogen and oxygen atoms in total. The lowest BCUT2D eigenvalue weighted by Crippen LogP contribution is -2.39. The molecule has 3 heterocycles. The van der Waals surface area contributed by atoms with E-state index in [9.17, 15) is 9.90 Å². The van der Waals surface area contributed by atoms with Crippen molar-refractivity contribution in [2.24, 2.45) is 0 Å². The van der Waals surface area contributed by atoms with E-state index in [2.05, 4.69) is 25.1 Å². The summed E-state index contributed by atoms with van der Waals surface area (Å²) in [5.74, 6) is 0.296. The molecule has 0 radical (unpaired) electrons. The molecule has 10 heteroatoms. The number of aromatic amines is 1. The molecular formula is C27H26FN7O2. The second kappa shape index (κ2) is 9.04. The standard InChI is InChI=1S/C27H26FN7O2/c1-14-18(12-30-34-14)11-23-31-25(33-27(29)32-23)19-3-2-4-22(20(19)13-36)35-8-7-16-9-17(15-5-6-15)10-21(28)24(16)26(35)37/h2-4,9-10,12,15,36H,5-8,11,13H2,1H3,(H,30,34)(H2,29,31,32,33). The molecule has 1 fully saturated rings. The van der Waals surface area contributed by atoms with Crippen molar-refractivity contribution in [3.63, 3.8) is 0 Å². The number of carbonyl (C=O) groups is 1. The van der Waals surface area contributed by atoms with Crippen LogP contribution in [0.25, 0.3) is 11.4 Å². The first-order valence-corrected chi connectivity index (χ1v) is 12.3. The van der Waals surface area contributed by atoms with Gasteiger partial charge in [0, 0.05) is 35.3 Å². The summed E-state index contributed by atoms with van der Waals surface area (Å²) in [5, 5.41) is 17.3. The Hall–Kier alpha value is -4.18. The van der Waals surface area contributed by atoms with Gasteiger partial charge >= 0.3 is 0 Å². The highest BCUT2D eigenvalue weighted by Gasteiger charge is 2.33. The third-order valence-corrected chi connectivity index (χ3v) is 7.13. The Kier molecular flexibility index (Phi) is 5.68. The van der Waals surface area contributed by atoms with E-state index in [1.165, 1.54) is 11.0 Å². The second-order valence-electron chi connectivity index (χ2n) is 9.61. The van der Waals surface area contributed by atoms with E-state index in [0.29, 0.717) is 53.8 Å². The minimum Gasteiger partial charge on any atom is -0.392 e. The Morgan fingerprint density at radius 2 is 2.05 bits per heavy atom. The number of hydrogen-bond acceptors (Lipinski definition) is 7. The highest BCUT2D eigenvalue weighted by atomic mass is 19.1. The highest BCUT2D eigenvalue weighted by Crippen LogP contribution is 2.42. The molecule has 0 spiro atoms. The molecule has 2 aromatic carbocycles. The lowest BCUT2D eigenvalue weighted by Gasteiger charge is -2.31. The Labute approximate surface area is 212 Å². The molecule has 0 bridgehead atoms. The lowest BCUT2D eigenvalue weighted by molar-refractivity contribution is 0.0976. The number of aliphatic hydroxyl groups excluding tert-OH is 1. The predicted octanol–water partition coefficient (Wildman–Crippen LogP) is 3.45. The summed E-state index contributed by atoms with van der Waals surface area (Å²) >= 11 is 0. The molecule has 0 unspecified atom stereocenters. The van der Waals surface area contributed by atoms with Crippen molar-refractivity contribution < 1.29 is 14.3 Å². The maximum absolute atomic E-state index is 15.1. The Balaban J connectivity index is 1.37. The van der Waals surface area contributed by atoms with Crippen molar-refractivity contribution in [3.05, 3.63) is 81.7 Å². The number of nitrogens with one attached hydrogen (secondary N) is 1. The first-order valence-electron chi connectivity index (χ1n) is 12.3. The largest absolute Gasteiger partial charge is 0.392 e. The van der Waals surface area contributed by atoms with E-state index in [1.54, 1.807) is 24.4 Å². The van der Waals surface area contributed by atoms with Gasteiger partial charge in [-0.1, -0.05) is 18.2 Å². The lowest BCUT2D eigenvalue weighted by atomic mass is 9.93. The number of aryl methyl sites for hydroxylation is 1. The average Bonchev–Trinajstić information content (AvgIpc) is 3.66. The van der Waals surface area contributed by atoms with Crippen molar-refractivity contribution in [2.75, 3.05) is 17.2 Å². The van der Waals surface area contributed by atoms with Crippen LogP contribution in [0, 0.1) is 12.7 Å². The van der Waals surface area contributed by atoms with Crippen LogP contribution in [0.5, 0.6) is 0 Å². The van der Waals surface area contributed by atoms with Crippen molar-refractivity contribution in [3.8, 4) is 11.4 Å². The van der Waals surface area contributed by atoms with Crippen molar-refractivity contribution in [1.82, 2.24) is 25.1 Å². The zero-order valence-corrected chi connectivity index (χ0v) is 20.3. The molecule has 1 saturated carbocycles. The maximum Gasteiger partial charge on any atom is 0.261 e. The Morgan fingerprint density at radius 3 is 2.78 bits per heavy atom. The summed E-state index contributed by atoms with van der Waals surface area (Å²) < 4.78 is 15.1. The van der Waals surface area contributed by atoms with E-state index >= 15 is 4.39 Å². The fourth-order valence-corrected chi connectivity index (χ4v) is 5.04. The topological polar surface area (TPSA) is 134 Å². The van der Waals surface area contributed by atoms with E-state index < -0.39 is 11.7 Å². The SMILES string of the molecule is Cc1[nH]ncc1Cc1nc(N)nc(-c2cccc(N3CCc4cc(C5CC5)cc(F)c4C3=O)c2CO)n1. The van der Waals surface area contributed by atoms with Crippen molar-refractivity contribution in [1.29, 1.82) is 0 Å². The van der Waals surface area contributed by atoms with Gasteiger partial charge in [0.1, 0.15) is 11.6 Å². The van der Waals surface area contributed by atoms with Gasteiger partial charge in [0.15, 0.2) is 5.82 Å².